The maximum atomic E-state index is 4.49. The number of rotatable bonds is 7. The normalized spacial score (nSPS) is 12.8. The minimum atomic E-state index is 0.156. The third-order valence-electron chi connectivity index (χ3n) is 3.10. The highest BCUT2D eigenvalue weighted by Gasteiger charge is 2.17. The van der Waals surface area contributed by atoms with Gasteiger partial charge in [0.25, 0.3) is 0 Å². The molecule has 0 radical (unpaired) electrons. The molecule has 0 aromatic carbocycles. The number of aryl methyl sites for hydroxylation is 2. The van der Waals surface area contributed by atoms with Gasteiger partial charge in [0.05, 0.1) is 11.7 Å². The summed E-state index contributed by atoms with van der Waals surface area (Å²) in [7, 11) is 0. The zero-order valence-corrected chi connectivity index (χ0v) is 11.8. The second-order valence-corrected chi connectivity index (χ2v) is 4.67. The maximum absolute atomic E-state index is 4.49. The molecule has 1 atom stereocenters. The Morgan fingerprint density at radius 1 is 1.42 bits per heavy atom. The molecule has 104 valence electrons. The van der Waals surface area contributed by atoms with E-state index in [9.17, 15) is 0 Å². The molecular weight excluding hydrogens is 240 g/mol. The lowest BCUT2D eigenvalue weighted by Gasteiger charge is -2.16. The molecule has 0 aliphatic heterocycles. The van der Waals surface area contributed by atoms with E-state index >= 15 is 0 Å². The summed E-state index contributed by atoms with van der Waals surface area (Å²) < 4.78 is 2.05. The summed E-state index contributed by atoms with van der Waals surface area (Å²) in [5.74, 6) is 0.884. The van der Waals surface area contributed by atoms with Crippen LogP contribution >= 0.6 is 0 Å². The van der Waals surface area contributed by atoms with Gasteiger partial charge in [-0.05, 0) is 32.9 Å². The largest absolute Gasteiger partial charge is 0.307 e. The SMILES string of the molecule is CCCNC(Cc1cc(C)nn1CC)c1ncn[nH]1. The maximum Gasteiger partial charge on any atom is 0.141 e. The smallest absolute Gasteiger partial charge is 0.141 e. The topological polar surface area (TPSA) is 71.4 Å². The van der Waals surface area contributed by atoms with Crippen molar-refractivity contribution in [2.24, 2.45) is 0 Å². The number of aromatic amines is 1. The van der Waals surface area contributed by atoms with Crippen molar-refractivity contribution >= 4 is 0 Å². The highest BCUT2D eigenvalue weighted by atomic mass is 15.3. The number of H-pyrrole nitrogens is 1. The molecule has 0 aliphatic carbocycles. The van der Waals surface area contributed by atoms with Crippen molar-refractivity contribution < 1.29 is 0 Å². The minimum absolute atomic E-state index is 0.156. The summed E-state index contributed by atoms with van der Waals surface area (Å²) >= 11 is 0. The first-order valence-electron chi connectivity index (χ1n) is 6.86. The van der Waals surface area contributed by atoms with Crippen LogP contribution in [-0.2, 0) is 13.0 Å². The summed E-state index contributed by atoms with van der Waals surface area (Å²) in [5, 5.41) is 14.9. The molecule has 0 spiro atoms. The van der Waals surface area contributed by atoms with Crippen molar-refractivity contribution in [1.82, 2.24) is 30.3 Å². The van der Waals surface area contributed by atoms with Gasteiger partial charge in [-0.2, -0.15) is 10.2 Å². The van der Waals surface area contributed by atoms with E-state index in [-0.39, 0.29) is 6.04 Å². The van der Waals surface area contributed by atoms with E-state index in [0.29, 0.717) is 0 Å². The standard InChI is InChI=1S/C13H22N6/c1-4-6-14-12(13-15-9-16-17-13)8-11-7-10(3)18-19(11)5-2/h7,9,12,14H,4-6,8H2,1-3H3,(H,15,16,17). The van der Waals surface area contributed by atoms with Crippen LogP contribution in [0.1, 0.15) is 43.5 Å². The molecule has 2 rings (SSSR count). The monoisotopic (exact) mass is 262 g/mol. The van der Waals surface area contributed by atoms with Crippen LogP contribution in [0.25, 0.3) is 0 Å². The van der Waals surface area contributed by atoms with Crippen LogP contribution in [0.2, 0.25) is 0 Å². The second kappa shape index (κ2) is 6.47. The third kappa shape index (κ3) is 3.41. The molecule has 2 aromatic rings. The summed E-state index contributed by atoms with van der Waals surface area (Å²) in [4.78, 5) is 4.27. The molecule has 6 nitrogen and oxygen atoms in total. The molecule has 0 aliphatic rings. The molecular formula is C13H22N6. The van der Waals surface area contributed by atoms with Crippen molar-refractivity contribution in [2.45, 2.75) is 46.2 Å². The van der Waals surface area contributed by atoms with Gasteiger partial charge in [-0.1, -0.05) is 6.92 Å². The number of nitrogens with one attached hydrogen (secondary N) is 2. The first-order valence-corrected chi connectivity index (χ1v) is 6.86. The lowest BCUT2D eigenvalue weighted by atomic mass is 10.1. The fraction of sp³-hybridized carbons (Fsp3) is 0.615. The van der Waals surface area contributed by atoms with Crippen LogP contribution in [0.5, 0.6) is 0 Å². The molecule has 19 heavy (non-hydrogen) atoms. The average Bonchev–Trinajstić information content (AvgIpc) is 3.03. The Balaban J connectivity index is 2.15. The van der Waals surface area contributed by atoms with E-state index in [4.69, 9.17) is 0 Å². The second-order valence-electron chi connectivity index (χ2n) is 4.67. The van der Waals surface area contributed by atoms with Crippen molar-refractivity contribution in [3.63, 3.8) is 0 Å². The number of hydrogen-bond donors (Lipinski definition) is 2. The van der Waals surface area contributed by atoms with Gasteiger partial charge in [0, 0.05) is 18.7 Å². The summed E-state index contributed by atoms with van der Waals surface area (Å²) in [6.45, 7) is 8.15. The molecule has 2 N–H and O–H groups in total. The number of hydrogen-bond acceptors (Lipinski definition) is 4. The molecule has 0 saturated carbocycles. The molecule has 0 bridgehead atoms. The Kier molecular flexibility index (Phi) is 4.68. The highest BCUT2D eigenvalue weighted by molar-refractivity contribution is 5.12. The van der Waals surface area contributed by atoms with Crippen LogP contribution in [0, 0.1) is 6.92 Å². The lowest BCUT2D eigenvalue weighted by Crippen LogP contribution is -2.26. The van der Waals surface area contributed by atoms with Gasteiger partial charge < -0.3 is 5.32 Å². The van der Waals surface area contributed by atoms with Gasteiger partial charge in [0.2, 0.25) is 0 Å². The molecule has 6 heteroatoms. The predicted molar refractivity (Wildman–Crippen MR) is 73.8 cm³/mol. The lowest BCUT2D eigenvalue weighted by molar-refractivity contribution is 0.484. The third-order valence-corrected chi connectivity index (χ3v) is 3.10. The Hall–Kier alpha value is -1.69. The van der Waals surface area contributed by atoms with Gasteiger partial charge >= 0.3 is 0 Å². The molecule has 0 fully saturated rings. The van der Waals surface area contributed by atoms with Gasteiger partial charge in [-0.15, -0.1) is 0 Å². The Morgan fingerprint density at radius 2 is 2.26 bits per heavy atom. The summed E-state index contributed by atoms with van der Waals surface area (Å²) in [6.07, 6.45) is 3.51. The first-order chi connectivity index (χ1) is 9.24. The van der Waals surface area contributed by atoms with Crippen molar-refractivity contribution in [3.8, 4) is 0 Å². The zero-order valence-electron chi connectivity index (χ0n) is 11.8. The summed E-state index contributed by atoms with van der Waals surface area (Å²) in [5.41, 5.74) is 2.29. The zero-order chi connectivity index (χ0) is 13.7. The van der Waals surface area contributed by atoms with Gasteiger partial charge in [-0.25, -0.2) is 4.98 Å². The van der Waals surface area contributed by atoms with E-state index < -0.39 is 0 Å². The quantitative estimate of drug-likeness (QED) is 0.795. The Labute approximate surface area is 113 Å². The fourth-order valence-corrected chi connectivity index (χ4v) is 2.21. The van der Waals surface area contributed by atoms with Crippen molar-refractivity contribution in [3.05, 3.63) is 29.6 Å². The molecule has 0 saturated heterocycles. The van der Waals surface area contributed by atoms with Crippen LogP contribution in [-0.4, -0.2) is 31.5 Å². The predicted octanol–water partition coefficient (Wildman–Crippen LogP) is 1.61. The van der Waals surface area contributed by atoms with E-state index in [1.165, 1.54) is 5.69 Å². The van der Waals surface area contributed by atoms with E-state index in [1.807, 2.05) is 11.6 Å². The fourth-order valence-electron chi connectivity index (χ4n) is 2.21. The molecule has 1 unspecified atom stereocenters. The molecule has 0 amide bonds. The summed E-state index contributed by atoms with van der Waals surface area (Å²) in [6, 6.07) is 2.30. The Bertz CT molecular complexity index is 487. The first kappa shape index (κ1) is 13.7. The highest BCUT2D eigenvalue weighted by Crippen LogP contribution is 2.15. The average molecular weight is 262 g/mol. The van der Waals surface area contributed by atoms with Gasteiger partial charge in [-0.3, -0.25) is 9.78 Å². The van der Waals surface area contributed by atoms with Crippen molar-refractivity contribution in [1.29, 1.82) is 0 Å². The van der Waals surface area contributed by atoms with Crippen LogP contribution < -0.4 is 5.32 Å². The van der Waals surface area contributed by atoms with E-state index in [0.717, 1.165) is 37.4 Å². The number of nitrogens with zero attached hydrogens (tertiary/aromatic N) is 4. The van der Waals surface area contributed by atoms with Crippen LogP contribution in [0.4, 0.5) is 0 Å². The van der Waals surface area contributed by atoms with Gasteiger partial charge in [0.1, 0.15) is 12.2 Å². The van der Waals surface area contributed by atoms with Crippen LogP contribution in [0.3, 0.4) is 0 Å². The molecule has 2 aromatic heterocycles. The van der Waals surface area contributed by atoms with Crippen molar-refractivity contribution in [2.75, 3.05) is 6.54 Å². The van der Waals surface area contributed by atoms with E-state index in [1.54, 1.807) is 6.33 Å². The van der Waals surface area contributed by atoms with Gasteiger partial charge in [0.15, 0.2) is 0 Å². The Morgan fingerprint density at radius 3 is 2.89 bits per heavy atom. The van der Waals surface area contributed by atoms with Crippen LogP contribution in [0.15, 0.2) is 12.4 Å². The molecule has 2 heterocycles. The number of aromatic nitrogens is 5. The minimum Gasteiger partial charge on any atom is -0.307 e. The van der Waals surface area contributed by atoms with E-state index in [2.05, 4.69) is 45.5 Å².